The first kappa shape index (κ1) is 13.9. The molecule has 0 spiro atoms. The van der Waals surface area contributed by atoms with Gasteiger partial charge >= 0.3 is 0 Å². The zero-order chi connectivity index (χ0) is 14.7. The molecule has 0 saturated heterocycles. The van der Waals surface area contributed by atoms with Gasteiger partial charge in [-0.25, -0.2) is 0 Å². The summed E-state index contributed by atoms with van der Waals surface area (Å²) in [5.74, 6) is 0.124. The molecule has 2 aromatic carbocycles. The van der Waals surface area contributed by atoms with E-state index in [1.165, 1.54) is 22.3 Å². The first-order valence-electron chi connectivity index (χ1n) is 7.79. The van der Waals surface area contributed by atoms with Crippen LogP contribution in [0.15, 0.2) is 42.5 Å². The highest BCUT2D eigenvalue weighted by Crippen LogP contribution is 2.37. The molecule has 21 heavy (non-hydrogen) atoms. The summed E-state index contributed by atoms with van der Waals surface area (Å²) in [6, 6.07) is 14.8. The molecule has 2 aromatic rings. The number of anilines is 1. The molecule has 2 nitrogen and oxygen atoms in total. The van der Waals surface area contributed by atoms with Crippen molar-refractivity contribution >= 4 is 11.6 Å². The molecule has 3 rings (SSSR count). The molecule has 108 valence electrons. The van der Waals surface area contributed by atoms with Gasteiger partial charge in [-0.2, -0.15) is 0 Å². The number of fused-ring (bicyclic) bond motifs is 3. The van der Waals surface area contributed by atoms with Crippen molar-refractivity contribution in [3.63, 3.8) is 0 Å². The van der Waals surface area contributed by atoms with E-state index in [1.54, 1.807) is 0 Å². The van der Waals surface area contributed by atoms with Crippen molar-refractivity contribution in [3.05, 3.63) is 53.6 Å². The van der Waals surface area contributed by atoms with Crippen LogP contribution in [0.2, 0.25) is 0 Å². The SMILES string of the molecule is CCCCCC(=O)Nc1ccc2c(c1)Cc1ccccc1-2. The Bertz CT molecular complexity index is 660. The zero-order valence-electron chi connectivity index (χ0n) is 12.5. The van der Waals surface area contributed by atoms with Crippen LogP contribution in [-0.4, -0.2) is 5.91 Å². The molecular formula is C19H21NO. The second-order valence-corrected chi connectivity index (χ2v) is 5.71. The minimum absolute atomic E-state index is 0.124. The van der Waals surface area contributed by atoms with Crippen molar-refractivity contribution < 1.29 is 4.79 Å². The topological polar surface area (TPSA) is 29.1 Å². The van der Waals surface area contributed by atoms with Crippen LogP contribution in [0.25, 0.3) is 11.1 Å². The van der Waals surface area contributed by atoms with Crippen LogP contribution < -0.4 is 5.32 Å². The third-order valence-electron chi connectivity index (χ3n) is 4.08. The average Bonchev–Trinajstić information content (AvgIpc) is 2.85. The van der Waals surface area contributed by atoms with Crippen molar-refractivity contribution in [2.45, 2.75) is 39.0 Å². The molecule has 1 N–H and O–H groups in total. The highest BCUT2D eigenvalue weighted by molar-refractivity contribution is 5.91. The lowest BCUT2D eigenvalue weighted by Crippen LogP contribution is -2.11. The Balaban J connectivity index is 1.71. The molecule has 0 aliphatic heterocycles. The fraction of sp³-hybridized carbons (Fsp3) is 0.316. The normalized spacial score (nSPS) is 11.9. The summed E-state index contributed by atoms with van der Waals surface area (Å²) in [7, 11) is 0. The number of amides is 1. The van der Waals surface area contributed by atoms with E-state index in [2.05, 4.69) is 48.6 Å². The summed E-state index contributed by atoms with van der Waals surface area (Å²) in [6.07, 6.45) is 4.81. The third-order valence-corrected chi connectivity index (χ3v) is 4.08. The number of hydrogen-bond donors (Lipinski definition) is 1. The van der Waals surface area contributed by atoms with Crippen molar-refractivity contribution in [3.8, 4) is 11.1 Å². The molecule has 0 radical (unpaired) electrons. The first-order valence-corrected chi connectivity index (χ1v) is 7.79. The molecule has 2 heteroatoms. The van der Waals surface area contributed by atoms with Crippen LogP contribution in [0.4, 0.5) is 5.69 Å². The number of rotatable bonds is 5. The first-order chi connectivity index (χ1) is 10.3. The fourth-order valence-electron chi connectivity index (χ4n) is 2.98. The maximum atomic E-state index is 11.9. The van der Waals surface area contributed by atoms with E-state index in [0.717, 1.165) is 31.4 Å². The van der Waals surface area contributed by atoms with Gasteiger partial charge in [0.15, 0.2) is 0 Å². The minimum atomic E-state index is 0.124. The third kappa shape index (κ3) is 2.99. The van der Waals surface area contributed by atoms with Gasteiger partial charge in [0.05, 0.1) is 0 Å². The Hall–Kier alpha value is -2.09. The molecule has 0 bridgehead atoms. The van der Waals surface area contributed by atoms with Gasteiger partial charge in [0.1, 0.15) is 0 Å². The molecule has 0 atom stereocenters. The van der Waals surface area contributed by atoms with Crippen LogP contribution in [0.5, 0.6) is 0 Å². The number of nitrogens with one attached hydrogen (secondary N) is 1. The standard InChI is InChI=1S/C19H21NO/c1-2-3-4-9-19(21)20-16-10-11-18-15(13-16)12-14-7-5-6-8-17(14)18/h5-8,10-11,13H,2-4,9,12H2,1H3,(H,20,21). The number of unbranched alkanes of at least 4 members (excludes halogenated alkanes) is 2. The van der Waals surface area contributed by atoms with E-state index < -0.39 is 0 Å². The zero-order valence-corrected chi connectivity index (χ0v) is 12.5. The maximum absolute atomic E-state index is 11.9. The summed E-state index contributed by atoms with van der Waals surface area (Å²) < 4.78 is 0. The van der Waals surface area contributed by atoms with Gasteiger partial charge in [-0.3, -0.25) is 4.79 Å². The summed E-state index contributed by atoms with van der Waals surface area (Å²) in [4.78, 5) is 11.9. The van der Waals surface area contributed by atoms with Gasteiger partial charge in [-0.1, -0.05) is 50.1 Å². The van der Waals surface area contributed by atoms with E-state index in [1.807, 2.05) is 6.07 Å². The Labute approximate surface area is 126 Å². The van der Waals surface area contributed by atoms with E-state index in [9.17, 15) is 4.79 Å². The fourth-order valence-corrected chi connectivity index (χ4v) is 2.98. The van der Waals surface area contributed by atoms with E-state index in [0.29, 0.717) is 6.42 Å². The average molecular weight is 279 g/mol. The number of benzene rings is 2. The van der Waals surface area contributed by atoms with Crippen molar-refractivity contribution in [1.82, 2.24) is 0 Å². The molecule has 0 saturated carbocycles. The predicted octanol–water partition coefficient (Wildman–Crippen LogP) is 4.78. The Morgan fingerprint density at radius 3 is 2.71 bits per heavy atom. The molecule has 1 aliphatic carbocycles. The lowest BCUT2D eigenvalue weighted by molar-refractivity contribution is -0.116. The molecule has 1 aliphatic rings. The van der Waals surface area contributed by atoms with Gasteiger partial charge in [-0.05, 0) is 47.2 Å². The van der Waals surface area contributed by atoms with Gasteiger partial charge in [-0.15, -0.1) is 0 Å². The Morgan fingerprint density at radius 2 is 1.86 bits per heavy atom. The minimum Gasteiger partial charge on any atom is -0.326 e. The van der Waals surface area contributed by atoms with Crippen LogP contribution in [0.3, 0.4) is 0 Å². The molecule has 0 fully saturated rings. The van der Waals surface area contributed by atoms with E-state index in [-0.39, 0.29) is 5.91 Å². The van der Waals surface area contributed by atoms with Crippen LogP contribution in [0, 0.1) is 0 Å². The Kier molecular flexibility index (Phi) is 4.05. The molecule has 0 aromatic heterocycles. The van der Waals surface area contributed by atoms with Crippen LogP contribution >= 0.6 is 0 Å². The lowest BCUT2D eigenvalue weighted by atomic mass is 10.1. The molecular weight excluding hydrogens is 258 g/mol. The summed E-state index contributed by atoms with van der Waals surface area (Å²) in [6.45, 7) is 2.15. The number of hydrogen-bond acceptors (Lipinski definition) is 1. The van der Waals surface area contributed by atoms with Crippen molar-refractivity contribution in [2.24, 2.45) is 0 Å². The van der Waals surface area contributed by atoms with E-state index in [4.69, 9.17) is 0 Å². The van der Waals surface area contributed by atoms with Crippen molar-refractivity contribution in [1.29, 1.82) is 0 Å². The van der Waals surface area contributed by atoms with Gasteiger partial charge in [0, 0.05) is 12.1 Å². The number of carbonyl (C=O) groups is 1. The summed E-state index contributed by atoms with van der Waals surface area (Å²) in [5.41, 5.74) is 6.23. The summed E-state index contributed by atoms with van der Waals surface area (Å²) >= 11 is 0. The second kappa shape index (κ2) is 6.13. The second-order valence-electron chi connectivity index (χ2n) is 5.71. The molecule has 0 heterocycles. The number of carbonyl (C=O) groups excluding carboxylic acids is 1. The highest BCUT2D eigenvalue weighted by Gasteiger charge is 2.18. The van der Waals surface area contributed by atoms with Gasteiger partial charge < -0.3 is 5.32 Å². The quantitative estimate of drug-likeness (QED) is 0.669. The lowest BCUT2D eigenvalue weighted by Gasteiger charge is -2.07. The van der Waals surface area contributed by atoms with E-state index >= 15 is 0 Å². The van der Waals surface area contributed by atoms with Gasteiger partial charge in [0.2, 0.25) is 5.91 Å². The smallest absolute Gasteiger partial charge is 0.224 e. The van der Waals surface area contributed by atoms with Crippen LogP contribution in [-0.2, 0) is 11.2 Å². The molecule has 1 amide bonds. The van der Waals surface area contributed by atoms with Gasteiger partial charge in [0.25, 0.3) is 0 Å². The Morgan fingerprint density at radius 1 is 1.05 bits per heavy atom. The summed E-state index contributed by atoms with van der Waals surface area (Å²) in [5, 5.41) is 3.02. The van der Waals surface area contributed by atoms with Crippen LogP contribution in [0.1, 0.15) is 43.7 Å². The monoisotopic (exact) mass is 279 g/mol. The highest BCUT2D eigenvalue weighted by atomic mass is 16.1. The molecule has 0 unspecified atom stereocenters. The van der Waals surface area contributed by atoms with Crippen molar-refractivity contribution in [2.75, 3.05) is 5.32 Å². The predicted molar refractivity (Wildman–Crippen MR) is 87.5 cm³/mol. The largest absolute Gasteiger partial charge is 0.326 e. The maximum Gasteiger partial charge on any atom is 0.224 e.